The van der Waals surface area contributed by atoms with Crippen molar-refractivity contribution in [3.63, 3.8) is 0 Å². The normalized spacial score (nSPS) is 16.9. The van der Waals surface area contributed by atoms with E-state index >= 15 is 0 Å². The lowest BCUT2D eigenvalue weighted by Gasteiger charge is -2.27. The molecule has 3 N–H and O–H groups in total. The number of amides is 2. The van der Waals surface area contributed by atoms with E-state index in [1.807, 2.05) is 36.4 Å². The van der Waals surface area contributed by atoms with Crippen molar-refractivity contribution >= 4 is 18.0 Å². The first-order valence-electron chi connectivity index (χ1n) is 12.1. The van der Waals surface area contributed by atoms with E-state index in [1.165, 1.54) is 0 Å². The van der Waals surface area contributed by atoms with Crippen molar-refractivity contribution in [2.75, 3.05) is 33.8 Å². The van der Waals surface area contributed by atoms with Crippen LogP contribution in [0.15, 0.2) is 48.5 Å². The van der Waals surface area contributed by atoms with Crippen molar-refractivity contribution < 1.29 is 24.2 Å². The molecule has 8 nitrogen and oxygen atoms in total. The number of benzene rings is 2. The monoisotopic (exact) mass is 479 g/mol. The zero-order valence-electron chi connectivity index (χ0n) is 20.3. The first kappa shape index (κ1) is 24.7. The molecule has 2 aromatic carbocycles. The highest BCUT2D eigenvalue weighted by molar-refractivity contribution is 5.87. The Balaban J connectivity index is 1.38. The molecule has 2 aliphatic rings. The topological polar surface area (TPSA) is 108 Å². The molecule has 0 heterocycles. The molecule has 2 amide bonds. The number of nitrogens with zero attached hydrogens (tertiary/aromatic N) is 1. The Morgan fingerprint density at radius 2 is 1.60 bits per heavy atom. The summed E-state index contributed by atoms with van der Waals surface area (Å²) in [6, 6.07) is 15.3. The number of hydrogen-bond acceptors (Lipinski definition) is 5. The molecule has 186 valence electrons. The third-order valence-corrected chi connectivity index (χ3v) is 7.12. The van der Waals surface area contributed by atoms with Crippen LogP contribution in [0.2, 0.25) is 0 Å². The van der Waals surface area contributed by atoms with Crippen LogP contribution in [0.25, 0.3) is 11.1 Å². The summed E-state index contributed by atoms with van der Waals surface area (Å²) in [6.07, 6.45) is 2.08. The van der Waals surface area contributed by atoms with Crippen LogP contribution in [0.1, 0.15) is 42.7 Å². The lowest BCUT2D eigenvalue weighted by Crippen LogP contribution is -2.54. The summed E-state index contributed by atoms with van der Waals surface area (Å²) >= 11 is 0. The number of ether oxygens (including phenoxy) is 1. The quantitative estimate of drug-likeness (QED) is 0.510. The summed E-state index contributed by atoms with van der Waals surface area (Å²) in [5, 5.41) is 15.1. The van der Waals surface area contributed by atoms with E-state index in [1.54, 1.807) is 19.0 Å². The van der Waals surface area contributed by atoms with E-state index in [-0.39, 0.29) is 25.6 Å². The molecule has 2 aromatic rings. The second-order valence-corrected chi connectivity index (χ2v) is 9.80. The van der Waals surface area contributed by atoms with Gasteiger partial charge in [0.15, 0.2) is 0 Å². The van der Waals surface area contributed by atoms with Gasteiger partial charge in [-0.25, -0.2) is 4.79 Å². The van der Waals surface area contributed by atoms with Gasteiger partial charge in [-0.1, -0.05) is 61.4 Å². The number of rotatable bonds is 9. The van der Waals surface area contributed by atoms with Crippen LogP contribution >= 0.6 is 0 Å². The Labute approximate surface area is 205 Å². The van der Waals surface area contributed by atoms with Gasteiger partial charge in [0.25, 0.3) is 0 Å². The smallest absolute Gasteiger partial charge is 0.407 e. The summed E-state index contributed by atoms with van der Waals surface area (Å²) in [5.74, 6) is -1.38. The van der Waals surface area contributed by atoms with Gasteiger partial charge in [0, 0.05) is 19.0 Å². The lowest BCUT2D eigenvalue weighted by molar-refractivity contribution is -0.148. The molecule has 0 bridgehead atoms. The molecule has 35 heavy (non-hydrogen) atoms. The van der Waals surface area contributed by atoms with Crippen molar-refractivity contribution in [1.82, 2.24) is 15.5 Å². The fraction of sp³-hybridized carbons (Fsp3) is 0.444. The second-order valence-electron chi connectivity index (χ2n) is 9.80. The minimum absolute atomic E-state index is 0.0530. The number of likely N-dealkylation sites (N-methyl/N-ethyl adjacent to an activating group) is 1. The maximum Gasteiger partial charge on any atom is 0.407 e. The van der Waals surface area contributed by atoms with E-state index in [0.29, 0.717) is 12.8 Å². The molecular formula is C27H33N3O5. The number of aliphatic carboxylic acids is 1. The Kier molecular flexibility index (Phi) is 7.40. The van der Waals surface area contributed by atoms with E-state index in [4.69, 9.17) is 4.74 Å². The Morgan fingerprint density at radius 3 is 2.14 bits per heavy atom. The number of fused-ring (bicyclic) bond motifs is 3. The fourth-order valence-electron chi connectivity index (χ4n) is 5.24. The fourth-order valence-corrected chi connectivity index (χ4v) is 5.24. The van der Waals surface area contributed by atoms with E-state index < -0.39 is 29.4 Å². The predicted octanol–water partition coefficient (Wildman–Crippen LogP) is 3.22. The van der Waals surface area contributed by atoms with E-state index in [2.05, 4.69) is 22.8 Å². The lowest BCUT2D eigenvalue weighted by atomic mass is 9.86. The molecular weight excluding hydrogens is 446 g/mol. The van der Waals surface area contributed by atoms with Gasteiger partial charge in [-0.3, -0.25) is 9.59 Å². The summed E-state index contributed by atoms with van der Waals surface area (Å²) in [6.45, 7) is 0.464. The number of nitrogens with one attached hydrogen (secondary N) is 2. The second kappa shape index (κ2) is 10.5. The van der Waals surface area contributed by atoms with Crippen LogP contribution in [0.5, 0.6) is 0 Å². The van der Waals surface area contributed by atoms with Crippen LogP contribution in [0, 0.1) is 5.41 Å². The molecule has 0 spiro atoms. The maximum absolute atomic E-state index is 12.9. The third kappa shape index (κ3) is 5.32. The minimum Gasteiger partial charge on any atom is -0.481 e. The van der Waals surface area contributed by atoms with Gasteiger partial charge in [0.1, 0.15) is 12.6 Å². The molecule has 0 aromatic heterocycles. The van der Waals surface area contributed by atoms with Crippen molar-refractivity contribution in [3.8, 4) is 11.1 Å². The molecule has 1 saturated carbocycles. The molecule has 4 rings (SSSR count). The van der Waals surface area contributed by atoms with Crippen LogP contribution in [-0.4, -0.2) is 67.8 Å². The Morgan fingerprint density at radius 1 is 1.03 bits per heavy atom. The highest BCUT2D eigenvalue weighted by atomic mass is 16.5. The average molecular weight is 480 g/mol. The van der Waals surface area contributed by atoms with Crippen LogP contribution in [0.4, 0.5) is 4.79 Å². The number of hydrogen-bond donors (Lipinski definition) is 3. The SMILES string of the molecule is CN(C)C[C@H](NC(=O)OCC1c2ccccc2-c2ccccc21)C(=O)NCC1(C(=O)O)CCCC1. The summed E-state index contributed by atoms with van der Waals surface area (Å²) in [7, 11) is 3.60. The first-order chi connectivity index (χ1) is 16.8. The maximum atomic E-state index is 12.9. The van der Waals surface area contributed by atoms with Gasteiger partial charge in [0.2, 0.25) is 5.91 Å². The molecule has 8 heteroatoms. The van der Waals surface area contributed by atoms with Gasteiger partial charge < -0.3 is 25.4 Å². The molecule has 1 fully saturated rings. The van der Waals surface area contributed by atoms with Crippen LogP contribution < -0.4 is 10.6 Å². The number of alkyl carbamates (subject to hydrolysis) is 1. The zero-order valence-corrected chi connectivity index (χ0v) is 20.3. The number of carbonyl (C=O) groups excluding carboxylic acids is 2. The predicted molar refractivity (Wildman–Crippen MR) is 132 cm³/mol. The first-order valence-corrected chi connectivity index (χ1v) is 12.1. The summed E-state index contributed by atoms with van der Waals surface area (Å²) in [5.41, 5.74) is 3.57. The number of carboxylic acids is 1. The molecule has 0 radical (unpaired) electrons. The van der Waals surface area contributed by atoms with Crippen LogP contribution in [0.3, 0.4) is 0 Å². The molecule has 0 aliphatic heterocycles. The highest BCUT2D eigenvalue weighted by Crippen LogP contribution is 2.44. The van der Waals surface area contributed by atoms with Gasteiger partial charge in [-0.05, 0) is 49.2 Å². The van der Waals surface area contributed by atoms with Gasteiger partial charge in [0.05, 0.1) is 5.41 Å². The number of carbonyl (C=O) groups is 3. The zero-order chi connectivity index (χ0) is 25.0. The average Bonchev–Trinajstić information content (AvgIpc) is 3.44. The van der Waals surface area contributed by atoms with Crippen molar-refractivity contribution in [3.05, 3.63) is 59.7 Å². The third-order valence-electron chi connectivity index (χ3n) is 7.12. The molecule has 1 atom stereocenters. The molecule has 0 saturated heterocycles. The summed E-state index contributed by atoms with van der Waals surface area (Å²) < 4.78 is 5.60. The van der Waals surface area contributed by atoms with E-state index in [0.717, 1.165) is 35.1 Å². The number of carboxylic acid groups (broad SMARTS) is 1. The summed E-state index contributed by atoms with van der Waals surface area (Å²) in [4.78, 5) is 39.2. The Hall–Kier alpha value is -3.39. The van der Waals surface area contributed by atoms with Crippen molar-refractivity contribution in [2.45, 2.75) is 37.6 Å². The minimum atomic E-state index is -0.928. The van der Waals surface area contributed by atoms with Crippen molar-refractivity contribution in [1.29, 1.82) is 0 Å². The Bertz CT molecular complexity index is 1050. The van der Waals surface area contributed by atoms with E-state index in [9.17, 15) is 19.5 Å². The highest BCUT2D eigenvalue weighted by Gasteiger charge is 2.42. The van der Waals surface area contributed by atoms with Gasteiger partial charge in [-0.2, -0.15) is 0 Å². The molecule has 0 unspecified atom stereocenters. The van der Waals surface area contributed by atoms with Gasteiger partial charge >= 0.3 is 12.1 Å². The standard InChI is InChI=1S/C27H33N3O5/c1-30(2)15-23(24(31)28-17-27(25(32)33)13-7-8-14-27)29-26(34)35-16-22-20-11-5-3-9-18(20)19-10-4-6-12-21(19)22/h3-6,9-12,22-23H,7-8,13-17H2,1-2H3,(H,28,31)(H,29,34)(H,32,33)/t23-/m0/s1. The molecule has 2 aliphatic carbocycles. The van der Waals surface area contributed by atoms with Gasteiger partial charge in [-0.15, -0.1) is 0 Å². The van der Waals surface area contributed by atoms with Crippen molar-refractivity contribution in [2.24, 2.45) is 5.41 Å². The largest absolute Gasteiger partial charge is 0.481 e. The van der Waals surface area contributed by atoms with Crippen LogP contribution in [-0.2, 0) is 14.3 Å².